The van der Waals surface area contributed by atoms with Gasteiger partial charge in [-0.2, -0.15) is 0 Å². The van der Waals surface area contributed by atoms with E-state index in [-0.39, 0.29) is 6.54 Å². The Labute approximate surface area is 80.6 Å². The number of aryl methyl sites for hydroxylation is 1. The summed E-state index contributed by atoms with van der Waals surface area (Å²) in [5.74, 6) is 0. The van der Waals surface area contributed by atoms with Crippen LogP contribution in [0.4, 0.5) is 4.39 Å². The van der Waals surface area contributed by atoms with Gasteiger partial charge in [0.25, 0.3) is 5.56 Å². The number of halogens is 2. The fourth-order valence-electron chi connectivity index (χ4n) is 0.740. The van der Waals surface area contributed by atoms with Crippen LogP contribution < -0.4 is 11.2 Å². The Morgan fingerprint density at radius 2 is 2.25 bits per heavy atom. The van der Waals surface area contributed by atoms with Gasteiger partial charge in [0.15, 0.2) is 0 Å². The number of hydrogen-bond acceptors (Lipinski definition) is 2. The van der Waals surface area contributed by atoms with Crippen molar-refractivity contribution in [2.24, 2.45) is 0 Å². The third-order valence-corrected chi connectivity index (χ3v) is 2.06. The molecule has 0 aliphatic rings. The minimum Gasteiger partial charge on any atom is -0.297 e. The summed E-state index contributed by atoms with van der Waals surface area (Å²) in [6.07, 6.45) is 1.33. The van der Waals surface area contributed by atoms with Gasteiger partial charge in [0, 0.05) is 6.20 Å². The maximum Gasteiger partial charge on any atom is 0.328 e. The molecule has 0 aliphatic carbocycles. The van der Waals surface area contributed by atoms with E-state index in [1.165, 1.54) is 6.20 Å². The van der Waals surface area contributed by atoms with Crippen molar-refractivity contribution in [3.05, 3.63) is 30.6 Å². The van der Waals surface area contributed by atoms with E-state index in [4.69, 9.17) is 0 Å². The Morgan fingerprint density at radius 3 is 2.83 bits per heavy atom. The molecule has 0 aromatic carbocycles. The molecule has 0 unspecified atom stereocenters. The highest BCUT2D eigenvalue weighted by Crippen LogP contribution is 1.92. The largest absolute Gasteiger partial charge is 0.328 e. The number of rotatable bonds is 2. The summed E-state index contributed by atoms with van der Waals surface area (Å²) in [5.41, 5.74) is -1.01. The van der Waals surface area contributed by atoms with Crippen LogP contribution in [0.1, 0.15) is 0 Å². The molecule has 1 aromatic rings. The van der Waals surface area contributed by atoms with Gasteiger partial charge in [-0.25, -0.2) is 9.18 Å². The van der Waals surface area contributed by atoms with Gasteiger partial charge in [0.2, 0.25) is 0 Å². The van der Waals surface area contributed by atoms with E-state index in [2.05, 4.69) is 4.98 Å². The molecule has 0 aliphatic heterocycles. The van der Waals surface area contributed by atoms with Crippen LogP contribution in [0.15, 0.2) is 15.8 Å². The lowest BCUT2D eigenvalue weighted by molar-refractivity contribution is 0.436. The van der Waals surface area contributed by atoms with Crippen molar-refractivity contribution in [3.8, 4) is 0 Å². The molecule has 1 rings (SSSR count). The summed E-state index contributed by atoms with van der Waals surface area (Å²) in [6, 6.07) is 0. The van der Waals surface area contributed by atoms with E-state index in [9.17, 15) is 14.0 Å². The molecular formula is C6H6FIN2O2. The highest BCUT2D eigenvalue weighted by atomic mass is 127. The highest BCUT2D eigenvalue weighted by molar-refractivity contribution is 14.1. The number of aromatic nitrogens is 2. The minimum atomic E-state index is -0.623. The smallest absolute Gasteiger partial charge is 0.297 e. The molecule has 66 valence electrons. The van der Waals surface area contributed by atoms with Crippen molar-refractivity contribution in [2.75, 3.05) is 6.67 Å². The number of alkyl halides is 1. The second kappa shape index (κ2) is 3.83. The lowest BCUT2D eigenvalue weighted by Crippen LogP contribution is -2.31. The molecule has 0 bridgehead atoms. The highest BCUT2D eigenvalue weighted by Gasteiger charge is 2.00. The van der Waals surface area contributed by atoms with Crippen LogP contribution in [0.25, 0.3) is 0 Å². The first-order valence-electron chi connectivity index (χ1n) is 3.20. The number of H-pyrrole nitrogens is 1. The molecule has 0 amide bonds. The Kier molecular flexibility index (Phi) is 3.01. The zero-order valence-electron chi connectivity index (χ0n) is 6.01. The van der Waals surface area contributed by atoms with E-state index in [0.717, 1.165) is 4.57 Å². The van der Waals surface area contributed by atoms with E-state index in [0.29, 0.717) is 3.57 Å². The first kappa shape index (κ1) is 9.43. The van der Waals surface area contributed by atoms with Crippen molar-refractivity contribution in [2.45, 2.75) is 6.54 Å². The van der Waals surface area contributed by atoms with Crippen LogP contribution in [-0.2, 0) is 6.54 Å². The molecule has 0 fully saturated rings. The summed E-state index contributed by atoms with van der Waals surface area (Å²) >= 11 is 1.78. The Balaban J connectivity index is 3.24. The molecular weight excluding hydrogens is 278 g/mol. The van der Waals surface area contributed by atoms with E-state index >= 15 is 0 Å². The number of nitrogens with one attached hydrogen (secondary N) is 1. The van der Waals surface area contributed by atoms with Crippen molar-refractivity contribution in [3.63, 3.8) is 0 Å². The maximum absolute atomic E-state index is 11.8. The number of nitrogens with zero attached hydrogens (tertiary/aromatic N) is 1. The maximum atomic E-state index is 11.8. The van der Waals surface area contributed by atoms with Gasteiger partial charge in [0.05, 0.1) is 10.1 Å². The lowest BCUT2D eigenvalue weighted by atomic mass is 10.6. The zero-order valence-corrected chi connectivity index (χ0v) is 8.17. The van der Waals surface area contributed by atoms with E-state index in [1.54, 1.807) is 22.6 Å². The lowest BCUT2D eigenvalue weighted by Gasteiger charge is -2.00. The first-order chi connectivity index (χ1) is 5.65. The quantitative estimate of drug-likeness (QED) is 0.784. The first-order valence-corrected chi connectivity index (χ1v) is 4.28. The van der Waals surface area contributed by atoms with Crippen LogP contribution in [0.3, 0.4) is 0 Å². The Hall–Kier alpha value is -0.660. The van der Waals surface area contributed by atoms with Crippen LogP contribution in [0.2, 0.25) is 0 Å². The minimum absolute atomic E-state index is 0.0222. The van der Waals surface area contributed by atoms with Gasteiger partial charge in [-0.3, -0.25) is 14.3 Å². The summed E-state index contributed by atoms with van der Waals surface area (Å²) in [5, 5.41) is 0. The van der Waals surface area contributed by atoms with Crippen molar-refractivity contribution < 1.29 is 4.39 Å². The predicted molar refractivity (Wildman–Crippen MR) is 50.0 cm³/mol. The van der Waals surface area contributed by atoms with Crippen molar-refractivity contribution in [1.29, 1.82) is 0 Å². The zero-order chi connectivity index (χ0) is 9.14. The van der Waals surface area contributed by atoms with Crippen LogP contribution in [-0.4, -0.2) is 16.2 Å². The third kappa shape index (κ3) is 1.93. The number of aromatic amines is 1. The van der Waals surface area contributed by atoms with Crippen molar-refractivity contribution in [1.82, 2.24) is 9.55 Å². The molecule has 6 heteroatoms. The molecule has 0 spiro atoms. The van der Waals surface area contributed by atoms with E-state index in [1.807, 2.05) is 0 Å². The summed E-state index contributed by atoms with van der Waals surface area (Å²) < 4.78 is 13.3. The standard InChI is InChI=1S/C6H6FIN2O2/c7-1-2-10-3-4(8)5(11)9-6(10)12/h3H,1-2H2,(H,9,11,12). The topological polar surface area (TPSA) is 54.9 Å². The molecule has 0 saturated heterocycles. The Bertz CT molecular complexity index is 384. The van der Waals surface area contributed by atoms with Crippen molar-refractivity contribution >= 4 is 22.6 Å². The van der Waals surface area contributed by atoms with Gasteiger partial charge in [0.1, 0.15) is 6.67 Å². The summed E-state index contributed by atoms with van der Waals surface area (Å²) in [7, 11) is 0. The predicted octanol–water partition coefficient (Wildman–Crippen LogP) is 0.111. The SMILES string of the molecule is O=c1[nH]c(=O)n(CCF)cc1I. The normalized spacial score (nSPS) is 10.2. The van der Waals surface area contributed by atoms with Gasteiger partial charge in [-0.15, -0.1) is 0 Å². The second-order valence-corrected chi connectivity index (χ2v) is 3.28. The third-order valence-electron chi connectivity index (χ3n) is 1.29. The molecule has 1 heterocycles. The molecule has 1 aromatic heterocycles. The average molecular weight is 284 g/mol. The fraction of sp³-hybridized carbons (Fsp3) is 0.333. The summed E-state index contributed by atoms with van der Waals surface area (Å²) in [4.78, 5) is 23.8. The van der Waals surface area contributed by atoms with Gasteiger partial charge in [-0.05, 0) is 22.6 Å². The molecule has 0 saturated carbocycles. The monoisotopic (exact) mass is 284 g/mol. The summed E-state index contributed by atoms with van der Waals surface area (Å²) in [6.45, 7) is -0.645. The molecule has 12 heavy (non-hydrogen) atoms. The molecule has 0 atom stereocenters. The van der Waals surface area contributed by atoms with Crippen LogP contribution in [0, 0.1) is 3.57 Å². The van der Waals surface area contributed by atoms with E-state index < -0.39 is 17.9 Å². The van der Waals surface area contributed by atoms with Crippen LogP contribution >= 0.6 is 22.6 Å². The van der Waals surface area contributed by atoms with Gasteiger partial charge < -0.3 is 0 Å². The average Bonchev–Trinajstić information content (AvgIpc) is 2.01. The fourth-order valence-corrected chi connectivity index (χ4v) is 1.21. The molecule has 4 nitrogen and oxygen atoms in total. The van der Waals surface area contributed by atoms with Gasteiger partial charge >= 0.3 is 5.69 Å². The van der Waals surface area contributed by atoms with Gasteiger partial charge in [-0.1, -0.05) is 0 Å². The van der Waals surface area contributed by atoms with Crippen LogP contribution in [0.5, 0.6) is 0 Å². The second-order valence-electron chi connectivity index (χ2n) is 2.12. The molecule has 1 N–H and O–H groups in total. The molecule has 0 radical (unpaired) electrons. The Morgan fingerprint density at radius 1 is 1.58 bits per heavy atom. The number of hydrogen-bond donors (Lipinski definition) is 1.